The molecular weight excluding hydrogens is 334 g/mol. The van der Waals surface area contributed by atoms with Crippen LogP contribution in [0.1, 0.15) is 32.6 Å². The zero-order valence-electron chi connectivity index (χ0n) is 15.7. The van der Waals surface area contributed by atoms with Gasteiger partial charge in [0, 0.05) is 25.0 Å². The highest BCUT2D eigenvalue weighted by Gasteiger charge is 2.61. The standard InChI is InChI=1S/C20H27NO5/c1-6-8-9-15(22)17-12(3)16(25-4)10-14(17)18(23)21-20(19(24)26-5)11-13(20)7-2/h6-7,13-14,16H,1-2,8-11H2,3-5H3,(H,21,23). The van der Waals surface area contributed by atoms with E-state index in [0.29, 0.717) is 31.3 Å². The highest BCUT2D eigenvalue weighted by molar-refractivity contribution is 6.04. The predicted octanol–water partition coefficient (Wildman–Crippen LogP) is 2.11. The highest BCUT2D eigenvalue weighted by Crippen LogP contribution is 2.46. The van der Waals surface area contributed by atoms with E-state index in [2.05, 4.69) is 18.5 Å². The summed E-state index contributed by atoms with van der Waals surface area (Å²) >= 11 is 0. The molecule has 6 heteroatoms. The van der Waals surface area contributed by atoms with Crippen molar-refractivity contribution >= 4 is 17.7 Å². The van der Waals surface area contributed by atoms with Crippen LogP contribution in [0.4, 0.5) is 0 Å². The van der Waals surface area contributed by atoms with Crippen molar-refractivity contribution < 1.29 is 23.9 Å². The van der Waals surface area contributed by atoms with Crippen LogP contribution in [-0.2, 0) is 23.9 Å². The summed E-state index contributed by atoms with van der Waals surface area (Å²) in [6, 6.07) is 0. The van der Waals surface area contributed by atoms with E-state index in [1.807, 2.05) is 6.92 Å². The van der Waals surface area contributed by atoms with Crippen molar-refractivity contribution in [2.24, 2.45) is 11.8 Å². The van der Waals surface area contributed by atoms with Crippen LogP contribution < -0.4 is 5.32 Å². The number of esters is 1. The normalized spacial score (nSPS) is 29.9. The number of hydrogen-bond donors (Lipinski definition) is 1. The monoisotopic (exact) mass is 361 g/mol. The molecule has 0 aliphatic heterocycles. The molecule has 26 heavy (non-hydrogen) atoms. The molecule has 0 radical (unpaired) electrons. The van der Waals surface area contributed by atoms with Crippen LogP contribution in [0.25, 0.3) is 0 Å². The molecule has 4 atom stereocenters. The third-order valence-corrected chi connectivity index (χ3v) is 5.38. The number of Topliss-reactive ketones (excluding diaryl/α,β-unsaturated/α-hetero) is 1. The van der Waals surface area contributed by atoms with Crippen LogP contribution in [0.5, 0.6) is 0 Å². The molecule has 1 saturated carbocycles. The average molecular weight is 361 g/mol. The van der Waals surface area contributed by atoms with Gasteiger partial charge in [0.05, 0.1) is 19.1 Å². The molecular formula is C20H27NO5. The third-order valence-electron chi connectivity index (χ3n) is 5.38. The van der Waals surface area contributed by atoms with Gasteiger partial charge in [-0.3, -0.25) is 9.59 Å². The minimum Gasteiger partial charge on any atom is -0.467 e. The number of methoxy groups -OCH3 is 2. The predicted molar refractivity (Wildman–Crippen MR) is 97.2 cm³/mol. The van der Waals surface area contributed by atoms with E-state index in [1.165, 1.54) is 7.11 Å². The number of ketones is 1. The van der Waals surface area contributed by atoms with Crippen LogP contribution in [0.2, 0.25) is 0 Å². The van der Waals surface area contributed by atoms with Gasteiger partial charge in [-0.05, 0) is 31.8 Å². The molecule has 1 fully saturated rings. The largest absolute Gasteiger partial charge is 0.467 e. The molecule has 0 aromatic carbocycles. The Balaban J connectivity index is 2.23. The molecule has 0 spiro atoms. The van der Waals surface area contributed by atoms with E-state index >= 15 is 0 Å². The van der Waals surface area contributed by atoms with Gasteiger partial charge in [-0.15, -0.1) is 13.2 Å². The number of nitrogens with one attached hydrogen (secondary N) is 1. The SMILES string of the molecule is C=CCCC(=O)C1=C(C)C(OC)CC1C(=O)NC1(C(=O)OC)CC1C=C. The van der Waals surface area contributed by atoms with Gasteiger partial charge in [0.15, 0.2) is 5.78 Å². The molecule has 4 unspecified atom stereocenters. The number of ether oxygens (including phenoxy) is 2. The first-order valence-electron chi connectivity index (χ1n) is 8.76. The summed E-state index contributed by atoms with van der Waals surface area (Å²) in [5.74, 6) is -1.71. The van der Waals surface area contributed by atoms with Crippen LogP contribution in [0, 0.1) is 11.8 Å². The maximum absolute atomic E-state index is 13.0. The second-order valence-electron chi connectivity index (χ2n) is 6.86. The van der Waals surface area contributed by atoms with E-state index in [9.17, 15) is 14.4 Å². The first-order chi connectivity index (χ1) is 12.4. The van der Waals surface area contributed by atoms with Gasteiger partial charge in [-0.1, -0.05) is 12.2 Å². The van der Waals surface area contributed by atoms with Crippen molar-refractivity contribution in [1.82, 2.24) is 5.32 Å². The van der Waals surface area contributed by atoms with Gasteiger partial charge in [0.1, 0.15) is 5.54 Å². The highest BCUT2D eigenvalue weighted by atomic mass is 16.5. The quantitative estimate of drug-likeness (QED) is 0.502. The smallest absolute Gasteiger partial charge is 0.332 e. The molecule has 1 N–H and O–H groups in total. The van der Waals surface area contributed by atoms with E-state index in [-0.39, 0.29) is 23.7 Å². The van der Waals surface area contributed by atoms with Gasteiger partial charge in [-0.2, -0.15) is 0 Å². The number of amides is 1. The lowest BCUT2D eigenvalue weighted by Crippen LogP contribution is -2.48. The summed E-state index contributed by atoms with van der Waals surface area (Å²) in [5, 5.41) is 2.82. The number of rotatable bonds is 9. The fourth-order valence-electron chi connectivity index (χ4n) is 3.74. The van der Waals surface area contributed by atoms with Gasteiger partial charge < -0.3 is 14.8 Å². The van der Waals surface area contributed by atoms with E-state index in [0.717, 1.165) is 5.57 Å². The molecule has 2 aliphatic carbocycles. The average Bonchev–Trinajstić information content (AvgIpc) is 3.25. The summed E-state index contributed by atoms with van der Waals surface area (Å²) in [4.78, 5) is 37.8. The molecule has 142 valence electrons. The van der Waals surface area contributed by atoms with Crippen LogP contribution in [-0.4, -0.2) is 43.5 Å². The molecule has 0 aromatic rings. The van der Waals surface area contributed by atoms with E-state index < -0.39 is 17.4 Å². The molecule has 1 amide bonds. The molecule has 0 heterocycles. The molecule has 2 rings (SSSR count). The van der Waals surface area contributed by atoms with Crippen molar-refractivity contribution in [3.63, 3.8) is 0 Å². The maximum Gasteiger partial charge on any atom is 0.332 e. The number of carbonyl (C=O) groups excluding carboxylic acids is 3. The lowest BCUT2D eigenvalue weighted by molar-refractivity contribution is -0.147. The van der Waals surface area contributed by atoms with Crippen molar-refractivity contribution in [1.29, 1.82) is 0 Å². The summed E-state index contributed by atoms with van der Waals surface area (Å²) in [7, 11) is 2.85. The first kappa shape index (κ1) is 20.1. The van der Waals surface area contributed by atoms with E-state index in [4.69, 9.17) is 9.47 Å². The topological polar surface area (TPSA) is 81.7 Å². The molecule has 0 saturated heterocycles. The Morgan fingerprint density at radius 3 is 2.50 bits per heavy atom. The number of carbonyl (C=O) groups is 3. The summed E-state index contributed by atoms with van der Waals surface area (Å²) < 4.78 is 10.3. The van der Waals surface area contributed by atoms with Crippen LogP contribution in [0.15, 0.2) is 36.5 Å². The first-order valence-corrected chi connectivity index (χ1v) is 8.76. The van der Waals surface area contributed by atoms with Gasteiger partial charge in [0.25, 0.3) is 0 Å². The number of hydrogen-bond acceptors (Lipinski definition) is 5. The Kier molecular flexibility index (Phi) is 6.18. The minimum atomic E-state index is -1.07. The Labute approximate surface area is 154 Å². The van der Waals surface area contributed by atoms with Gasteiger partial charge >= 0.3 is 5.97 Å². The van der Waals surface area contributed by atoms with Gasteiger partial charge in [0.2, 0.25) is 5.91 Å². The second-order valence-corrected chi connectivity index (χ2v) is 6.86. The minimum absolute atomic E-state index is 0.0784. The molecule has 6 nitrogen and oxygen atoms in total. The van der Waals surface area contributed by atoms with Crippen LogP contribution >= 0.6 is 0 Å². The fourth-order valence-corrected chi connectivity index (χ4v) is 3.74. The van der Waals surface area contributed by atoms with Crippen molar-refractivity contribution in [2.75, 3.05) is 14.2 Å². The lowest BCUT2D eigenvalue weighted by Gasteiger charge is -2.21. The zero-order valence-corrected chi connectivity index (χ0v) is 15.7. The Morgan fingerprint density at radius 2 is 2.00 bits per heavy atom. The maximum atomic E-state index is 13.0. The van der Waals surface area contributed by atoms with Gasteiger partial charge in [-0.25, -0.2) is 4.79 Å². The Morgan fingerprint density at radius 1 is 1.31 bits per heavy atom. The second kappa shape index (κ2) is 7.99. The Hall–Kier alpha value is -2.21. The molecule has 0 aromatic heterocycles. The third kappa shape index (κ3) is 3.51. The molecule has 2 aliphatic rings. The zero-order chi connectivity index (χ0) is 19.5. The fraction of sp³-hybridized carbons (Fsp3) is 0.550. The summed E-state index contributed by atoms with van der Waals surface area (Å²) in [6.07, 6.45) is 4.73. The number of allylic oxidation sites excluding steroid dienone is 1. The summed E-state index contributed by atoms with van der Waals surface area (Å²) in [5.41, 5.74) is 0.207. The van der Waals surface area contributed by atoms with Crippen molar-refractivity contribution in [2.45, 2.75) is 44.2 Å². The lowest BCUT2D eigenvalue weighted by atomic mass is 9.93. The summed E-state index contributed by atoms with van der Waals surface area (Å²) in [6.45, 7) is 9.16. The molecule has 0 bridgehead atoms. The van der Waals surface area contributed by atoms with E-state index in [1.54, 1.807) is 19.3 Å². The van der Waals surface area contributed by atoms with Crippen LogP contribution in [0.3, 0.4) is 0 Å². The van der Waals surface area contributed by atoms with Crippen molar-refractivity contribution in [3.05, 3.63) is 36.5 Å². The Bertz CT molecular complexity index is 665. The van der Waals surface area contributed by atoms with Crippen molar-refractivity contribution in [3.8, 4) is 0 Å².